The van der Waals surface area contributed by atoms with E-state index in [-0.39, 0.29) is 17.0 Å². The van der Waals surface area contributed by atoms with Crippen molar-refractivity contribution < 1.29 is 10.0 Å². The molecule has 110 valence electrons. The number of aromatic nitrogens is 2. The number of nitrogens with one attached hydrogen (secondary N) is 2. The van der Waals surface area contributed by atoms with E-state index in [1.807, 2.05) is 24.3 Å². The summed E-state index contributed by atoms with van der Waals surface area (Å²) in [7, 11) is 0. The van der Waals surface area contributed by atoms with Crippen molar-refractivity contribution in [3.63, 3.8) is 0 Å². The van der Waals surface area contributed by atoms with Crippen molar-refractivity contribution in [1.29, 1.82) is 0 Å². The van der Waals surface area contributed by atoms with Gasteiger partial charge in [-0.25, -0.2) is 10.4 Å². The molecule has 22 heavy (non-hydrogen) atoms. The summed E-state index contributed by atoms with van der Waals surface area (Å²) in [4.78, 5) is 17.5. The Hall–Kier alpha value is -3.42. The second kappa shape index (κ2) is 5.52. The number of para-hydroxylation sites is 2. The molecule has 3 aromatic rings. The van der Waals surface area contributed by atoms with Crippen LogP contribution in [0.4, 0.5) is 11.6 Å². The standard InChI is InChI=1S/C14H11N5O3/c20-13-6-5-10(19(21)22)7-9(13)8-15-18-14-16-11-3-1-2-4-12(11)17-14/h1-8,20H,(H2,16,17,18)/b15-8-. The van der Waals surface area contributed by atoms with Crippen LogP contribution < -0.4 is 5.43 Å². The number of H-pyrrole nitrogens is 1. The summed E-state index contributed by atoms with van der Waals surface area (Å²) in [6.45, 7) is 0. The lowest BCUT2D eigenvalue weighted by Gasteiger charge is -1.98. The minimum Gasteiger partial charge on any atom is -0.507 e. The van der Waals surface area contributed by atoms with E-state index in [1.165, 1.54) is 24.4 Å². The number of nitro groups is 1. The Kier molecular flexibility index (Phi) is 3.40. The van der Waals surface area contributed by atoms with E-state index in [1.54, 1.807) is 0 Å². The maximum Gasteiger partial charge on any atom is 0.270 e. The summed E-state index contributed by atoms with van der Waals surface area (Å²) in [5, 5.41) is 24.3. The van der Waals surface area contributed by atoms with Gasteiger partial charge in [-0.05, 0) is 18.2 Å². The van der Waals surface area contributed by atoms with Gasteiger partial charge in [0.05, 0.1) is 22.2 Å². The minimum atomic E-state index is -0.538. The molecule has 0 atom stereocenters. The molecule has 1 aromatic heterocycles. The number of hydrogen-bond donors (Lipinski definition) is 3. The lowest BCUT2D eigenvalue weighted by atomic mass is 10.2. The van der Waals surface area contributed by atoms with Gasteiger partial charge in [0.15, 0.2) is 0 Å². The van der Waals surface area contributed by atoms with E-state index >= 15 is 0 Å². The van der Waals surface area contributed by atoms with Crippen LogP contribution in [0.15, 0.2) is 47.6 Å². The molecule has 0 radical (unpaired) electrons. The smallest absolute Gasteiger partial charge is 0.270 e. The third kappa shape index (κ3) is 2.70. The number of nitro benzene ring substituents is 1. The topological polar surface area (TPSA) is 116 Å². The molecule has 0 fully saturated rings. The van der Waals surface area contributed by atoms with Crippen molar-refractivity contribution in [2.45, 2.75) is 0 Å². The van der Waals surface area contributed by atoms with Gasteiger partial charge in [-0.1, -0.05) is 12.1 Å². The summed E-state index contributed by atoms with van der Waals surface area (Å²) >= 11 is 0. The molecule has 0 unspecified atom stereocenters. The van der Waals surface area contributed by atoms with Crippen molar-refractivity contribution in [1.82, 2.24) is 9.97 Å². The number of benzene rings is 2. The number of imidazole rings is 1. The summed E-state index contributed by atoms with van der Waals surface area (Å²) < 4.78 is 0. The van der Waals surface area contributed by atoms with Crippen LogP contribution >= 0.6 is 0 Å². The molecule has 0 saturated heterocycles. The number of hydrazone groups is 1. The van der Waals surface area contributed by atoms with Gasteiger partial charge in [0.1, 0.15) is 5.75 Å². The van der Waals surface area contributed by atoms with E-state index in [0.29, 0.717) is 5.95 Å². The normalized spacial score (nSPS) is 11.1. The lowest BCUT2D eigenvalue weighted by molar-refractivity contribution is -0.384. The first-order valence-corrected chi connectivity index (χ1v) is 6.35. The maximum atomic E-state index is 10.7. The summed E-state index contributed by atoms with van der Waals surface area (Å²) in [5.74, 6) is 0.336. The zero-order chi connectivity index (χ0) is 15.5. The molecule has 0 aliphatic heterocycles. The Bertz CT molecular complexity index is 839. The number of phenolic OH excluding ortho intramolecular Hbond substituents is 1. The fraction of sp³-hybridized carbons (Fsp3) is 0. The molecule has 0 amide bonds. The minimum absolute atomic E-state index is 0.0965. The Morgan fingerprint density at radius 2 is 2.14 bits per heavy atom. The number of fused-ring (bicyclic) bond motifs is 1. The molecule has 0 aliphatic carbocycles. The Morgan fingerprint density at radius 3 is 2.91 bits per heavy atom. The highest BCUT2D eigenvalue weighted by Crippen LogP contribution is 2.21. The van der Waals surface area contributed by atoms with Crippen LogP contribution in [0.1, 0.15) is 5.56 Å². The molecular formula is C14H11N5O3. The van der Waals surface area contributed by atoms with Gasteiger partial charge in [-0.15, -0.1) is 0 Å². The molecule has 2 aromatic carbocycles. The van der Waals surface area contributed by atoms with Crippen LogP contribution in [-0.2, 0) is 0 Å². The fourth-order valence-electron chi connectivity index (χ4n) is 1.93. The first-order chi connectivity index (χ1) is 10.6. The first-order valence-electron chi connectivity index (χ1n) is 6.35. The van der Waals surface area contributed by atoms with Gasteiger partial charge in [0.25, 0.3) is 5.69 Å². The third-order valence-electron chi connectivity index (χ3n) is 2.99. The number of anilines is 1. The summed E-state index contributed by atoms with van der Waals surface area (Å²) in [6, 6.07) is 11.2. The van der Waals surface area contributed by atoms with E-state index in [2.05, 4.69) is 20.5 Å². The molecule has 0 bridgehead atoms. The molecule has 0 aliphatic rings. The third-order valence-corrected chi connectivity index (χ3v) is 2.99. The zero-order valence-corrected chi connectivity index (χ0v) is 11.2. The molecule has 1 heterocycles. The highest BCUT2D eigenvalue weighted by molar-refractivity contribution is 5.85. The molecule has 3 N–H and O–H groups in total. The number of aromatic amines is 1. The molecular weight excluding hydrogens is 286 g/mol. The van der Waals surface area contributed by atoms with Gasteiger partial charge >= 0.3 is 0 Å². The Balaban J connectivity index is 1.79. The second-order valence-corrected chi connectivity index (χ2v) is 4.47. The van der Waals surface area contributed by atoms with Crippen LogP contribution in [0.5, 0.6) is 5.75 Å². The zero-order valence-electron chi connectivity index (χ0n) is 11.2. The molecule has 0 spiro atoms. The Labute approximate surface area is 124 Å². The molecule has 8 heteroatoms. The fourth-order valence-corrected chi connectivity index (χ4v) is 1.93. The number of hydrogen-bond acceptors (Lipinski definition) is 6. The monoisotopic (exact) mass is 297 g/mol. The van der Waals surface area contributed by atoms with E-state index in [9.17, 15) is 15.2 Å². The van der Waals surface area contributed by atoms with Crippen LogP contribution in [0.2, 0.25) is 0 Å². The molecule has 8 nitrogen and oxygen atoms in total. The second-order valence-electron chi connectivity index (χ2n) is 4.47. The van der Waals surface area contributed by atoms with Crippen molar-refractivity contribution in [2.24, 2.45) is 5.10 Å². The van der Waals surface area contributed by atoms with Gasteiger partial charge in [0, 0.05) is 17.7 Å². The highest BCUT2D eigenvalue weighted by atomic mass is 16.6. The highest BCUT2D eigenvalue weighted by Gasteiger charge is 2.08. The molecule has 3 rings (SSSR count). The van der Waals surface area contributed by atoms with Crippen LogP contribution in [0.25, 0.3) is 11.0 Å². The maximum absolute atomic E-state index is 10.7. The predicted molar refractivity (Wildman–Crippen MR) is 82.1 cm³/mol. The predicted octanol–water partition coefficient (Wildman–Crippen LogP) is 2.62. The van der Waals surface area contributed by atoms with Crippen molar-refractivity contribution in [3.05, 3.63) is 58.1 Å². The largest absolute Gasteiger partial charge is 0.507 e. The van der Waals surface area contributed by atoms with Gasteiger partial charge < -0.3 is 10.1 Å². The van der Waals surface area contributed by atoms with Gasteiger partial charge in [-0.2, -0.15) is 5.10 Å². The van der Waals surface area contributed by atoms with Crippen LogP contribution in [0, 0.1) is 10.1 Å². The number of nitrogens with zero attached hydrogens (tertiary/aromatic N) is 3. The van der Waals surface area contributed by atoms with Gasteiger partial charge in [-0.3, -0.25) is 10.1 Å². The quantitative estimate of drug-likeness (QED) is 0.389. The van der Waals surface area contributed by atoms with Crippen LogP contribution in [0.3, 0.4) is 0 Å². The SMILES string of the molecule is O=[N+]([O-])c1ccc(O)c(/C=N\Nc2nc3ccccc3[nH]2)c1. The number of phenols is 1. The summed E-state index contributed by atoms with van der Waals surface area (Å²) in [5.41, 5.74) is 4.44. The summed E-state index contributed by atoms with van der Waals surface area (Å²) in [6.07, 6.45) is 1.29. The average molecular weight is 297 g/mol. The Morgan fingerprint density at radius 1 is 1.32 bits per heavy atom. The van der Waals surface area contributed by atoms with Crippen LogP contribution in [-0.4, -0.2) is 26.2 Å². The van der Waals surface area contributed by atoms with Crippen molar-refractivity contribution in [3.8, 4) is 5.75 Å². The van der Waals surface area contributed by atoms with Crippen molar-refractivity contribution >= 4 is 28.9 Å². The number of rotatable bonds is 4. The average Bonchev–Trinajstić information content (AvgIpc) is 2.91. The van der Waals surface area contributed by atoms with E-state index < -0.39 is 4.92 Å². The van der Waals surface area contributed by atoms with Crippen molar-refractivity contribution in [2.75, 3.05) is 5.43 Å². The lowest BCUT2D eigenvalue weighted by Crippen LogP contribution is -1.94. The van der Waals surface area contributed by atoms with E-state index in [4.69, 9.17) is 0 Å². The van der Waals surface area contributed by atoms with E-state index in [0.717, 1.165) is 11.0 Å². The van der Waals surface area contributed by atoms with Gasteiger partial charge in [0.2, 0.25) is 5.95 Å². The first kappa shape index (κ1) is 13.6. The number of aromatic hydroxyl groups is 1. The molecule has 0 saturated carbocycles. The number of non-ortho nitro benzene ring substituents is 1.